The van der Waals surface area contributed by atoms with Crippen LogP contribution in [0.2, 0.25) is 0 Å². The van der Waals surface area contributed by atoms with E-state index in [0.29, 0.717) is 6.04 Å². The molecule has 2 heteroatoms. The third kappa shape index (κ3) is 2.02. The second-order valence-corrected chi connectivity index (χ2v) is 6.22. The highest BCUT2D eigenvalue weighted by Crippen LogP contribution is 2.45. The van der Waals surface area contributed by atoms with Gasteiger partial charge in [0.1, 0.15) is 0 Å². The zero-order chi connectivity index (χ0) is 11.0. The summed E-state index contributed by atoms with van der Waals surface area (Å²) in [4.78, 5) is 0. The lowest BCUT2D eigenvalue weighted by Crippen LogP contribution is -2.58. The molecule has 0 aromatic carbocycles. The number of hydrogen-bond donors (Lipinski definition) is 1. The van der Waals surface area contributed by atoms with Gasteiger partial charge in [-0.1, -0.05) is 19.8 Å². The Bertz CT molecular complexity index is 251. The van der Waals surface area contributed by atoms with E-state index >= 15 is 0 Å². The normalized spacial score (nSPS) is 45.6. The average molecular weight is 223 g/mol. The molecule has 1 spiro atoms. The van der Waals surface area contributed by atoms with Crippen LogP contribution in [0, 0.1) is 11.8 Å². The quantitative estimate of drug-likeness (QED) is 0.738. The van der Waals surface area contributed by atoms with Crippen LogP contribution >= 0.6 is 0 Å². The second kappa shape index (κ2) is 4.30. The van der Waals surface area contributed by atoms with E-state index in [-0.39, 0.29) is 5.60 Å². The fourth-order valence-corrected chi connectivity index (χ4v) is 3.74. The number of hydrogen-bond acceptors (Lipinski definition) is 2. The minimum atomic E-state index is 0.212. The molecule has 3 aliphatic rings. The molecule has 1 saturated heterocycles. The summed E-state index contributed by atoms with van der Waals surface area (Å²) in [5, 5.41) is 3.76. The highest BCUT2D eigenvalue weighted by atomic mass is 16.5. The van der Waals surface area contributed by atoms with Crippen LogP contribution in [0.5, 0.6) is 0 Å². The summed E-state index contributed by atoms with van der Waals surface area (Å²) in [6, 6.07) is 0.673. The fourth-order valence-electron chi connectivity index (χ4n) is 3.74. The van der Waals surface area contributed by atoms with Gasteiger partial charge < -0.3 is 10.1 Å². The van der Waals surface area contributed by atoms with Crippen molar-refractivity contribution in [2.75, 3.05) is 13.2 Å². The molecule has 2 aliphatic carbocycles. The molecule has 1 heterocycles. The van der Waals surface area contributed by atoms with Gasteiger partial charge in [0.2, 0.25) is 0 Å². The topological polar surface area (TPSA) is 21.3 Å². The second-order valence-electron chi connectivity index (χ2n) is 6.22. The van der Waals surface area contributed by atoms with Crippen molar-refractivity contribution in [2.24, 2.45) is 11.8 Å². The van der Waals surface area contributed by atoms with Gasteiger partial charge in [0.15, 0.2) is 0 Å². The first kappa shape index (κ1) is 11.0. The van der Waals surface area contributed by atoms with Crippen molar-refractivity contribution in [3.8, 4) is 0 Å². The van der Waals surface area contributed by atoms with Crippen molar-refractivity contribution in [3.63, 3.8) is 0 Å². The Balaban J connectivity index is 1.76. The summed E-state index contributed by atoms with van der Waals surface area (Å²) < 4.78 is 6.29. The van der Waals surface area contributed by atoms with Crippen LogP contribution in [0.1, 0.15) is 51.9 Å². The van der Waals surface area contributed by atoms with E-state index in [0.717, 1.165) is 25.0 Å². The summed E-state index contributed by atoms with van der Waals surface area (Å²) in [5.74, 6) is 1.83. The molecule has 0 aromatic rings. The van der Waals surface area contributed by atoms with Gasteiger partial charge in [-0.15, -0.1) is 0 Å². The molecule has 3 fully saturated rings. The summed E-state index contributed by atoms with van der Waals surface area (Å²) in [6.45, 7) is 4.40. The van der Waals surface area contributed by atoms with Gasteiger partial charge in [-0.05, 0) is 43.9 Å². The smallest absolute Gasteiger partial charge is 0.0838 e. The van der Waals surface area contributed by atoms with Gasteiger partial charge in [0, 0.05) is 12.6 Å². The van der Waals surface area contributed by atoms with Gasteiger partial charge in [0.05, 0.1) is 12.2 Å². The molecule has 1 aliphatic heterocycles. The van der Waals surface area contributed by atoms with Crippen LogP contribution in [-0.4, -0.2) is 24.8 Å². The Hall–Kier alpha value is -0.0800. The minimum Gasteiger partial charge on any atom is -0.372 e. The zero-order valence-electron chi connectivity index (χ0n) is 10.5. The Labute approximate surface area is 99.1 Å². The SMILES string of the molecule is CC1CCCC2(CC1)OCCNC2C1CC1. The number of rotatable bonds is 1. The molecule has 3 rings (SSSR count). The molecular weight excluding hydrogens is 198 g/mol. The van der Waals surface area contributed by atoms with E-state index in [4.69, 9.17) is 4.74 Å². The maximum absolute atomic E-state index is 6.29. The van der Waals surface area contributed by atoms with Crippen molar-refractivity contribution in [3.05, 3.63) is 0 Å². The van der Waals surface area contributed by atoms with E-state index in [1.54, 1.807) is 0 Å². The number of ether oxygens (including phenoxy) is 1. The van der Waals surface area contributed by atoms with Gasteiger partial charge in [0.25, 0.3) is 0 Å². The molecule has 2 nitrogen and oxygen atoms in total. The molecule has 0 bridgehead atoms. The monoisotopic (exact) mass is 223 g/mol. The van der Waals surface area contributed by atoms with E-state index < -0.39 is 0 Å². The lowest BCUT2D eigenvalue weighted by atomic mass is 9.82. The van der Waals surface area contributed by atoms with Crippen LogP contribution in [0.3, 0.4) is 0 Å². The van der Waals surface area contributed by atoms with Crippen molar-refractivity contribution in [2.45, 2.75) is 63.5 Å². The average Bonchev–Trinajstić information content (AvgIpc) is 3.10. The third-order valence-corrected chi connectivity index (χ3v) is 4.87. The molecular formula is C14H25NO. The van der Waals surface area contributed by atoms with Crippen molar-refractivity contribution in [1.82, 2.24) is 5.32 Å². The molecule has 2 saturated carbocycles. The van der Waals surface area contributed by atoms with Crippen LogP contribution in [0.4, 0.5) is 0 Å². The highest BCUT2D eigenvalue weighted by molar-refractivity contribution is 5.04. The standard InChI is InChI=1S/C14H25NO/c1-11-3-2-7-14(8-6-11)13(12-4-5-12)15-9-10-16-14/h11-13,15H,2-10H2,1H3. The Morgan fingerprint density at radius 3 is 2.81 bits per heavy atom. The largest absolute Gasteiger partial charge is 0.372 e. The van der Waals surface area contributed by atoms with Crippen molar-refractivity contribution >= 4 is 0 Å². The maximum atomic E-state index is 6.29. The van der Waals surface area contributed by atoms with E-state index in [2.05, 4.69) is 12.2 Å². The zero-order valence-corrected chi connectivity index (χ0v) is 10.5. The molecule has 3 unspecified atom stereocenters. The molecule has 16 heavy (non-hydrogen) atoms. The predicted molar refractivity (Wildman–Crippen MR) is 65.4 cm³/mol. The molecule has 1 N–H and O–H groups in total. The first-order valence-electron chi connectivity index (χ1n) is 7.17. The van der Waals surface area contributed by atoms with Crippen LogP contribution in [-0.2, 0) is 4.74 Å². The summed E-state index contributed by atoms with van der Waals surface area (Å²) in [6.07, 6.45) is 9.59. The minimum absolute atomic E-state index is 0.212. The fraction of sp³-hybridized carbons (Fsp3) is 1.00. The first-order valence-corrected chi connectivity index (χ1v) is 7.17. The Morgan fingerprint density at radius 2 is 2.00 bits per heavy atom. The van der Waals surface area contributed by atoms with Gasteiger partial charge in [-0.2, -0.15) is 0 Å². The maximum Gasteiger partial charge on any atom is 0.0838 e. The molecule has 0 amide bonds. The first-order chi connectivity index (χ1) is 7.80. The highest BCUT2D eigenvalue weighted by Gasteiger charge is 2.49. The van der Waals surface area contributed by atoms with Crippen LogP contribution < -0.4 is 5.32 Å². The van der Waals surface area contributed by atoms with Crippen LogP contribution in [0.15, 0.2) is 0 Å². The molecule has 0 aromatic heterocycles. The number of nitrogens with one attached hydrogen (secondary N) is 1. The van der Waals surface area contributed by atoms with E-state index in [9.17, 15) is 0 Å². The van der Waals surface area contributed by atoms with E-state index in [1.807, 2.05) is 0 Å². The number of morpholine rings is 1. The molecule has 0 radical (unpaired) electrons. The Kier molecular flexibility index (Phi) is 2.97. The van der Waals surface area contributed by atoms with Crippen molar-refractivity contribution < 1.29 is 4.74 Å². The summed E-state index contributed by atoms with van der Waals surface area (Å²) >= 11 is 0. The Morgan fingerprint density at radius 1 is 1.12 bits per heavy atom. The lowest BCUT2D eigenvalue weighted by Gasteiger charge is -2.45. The van der Waals surface area contributed by atoms with Crippen LogP contribution in [0.25, 0.3) is 0 Å². The third-order valence-electron chi connectivity index (χ3n) is 4.87. The molecule has 3 atom stereocenters. The summed E-state index contributed by atoms with van der Waals surface area (Å²) in [5.41, 5.74) is 0.212. The van der Waals surface area contributed by atoms with Gasteiger partial charge in [-0.25, -0.2) is 0 Å². The molecule has 92 valence electrons. The van der Waals surface area contributed by atoms with Gasteiger partial charge in [-0.3, -0.25) is 0 Å². The lowest BCUT2D eigenvalue weighted by molar-refractivity contribution is -0.111. The predicted octanol–water partition coefficient (Wildman–Crippen LogP) is 2.72. The van der Waals surface area contributed by atoms with Gasteiger partial charge >= 0.3 is 0 Å². The summed E-state index contributed by atoms with van der Waals surface area (Å²) in [7, 11) is 0. The van der Waals surface area contributed by atoms with Crippen molar-refractivity contribution in [1.29, 1.82) is 0 Å². The van der Waals surface area contributed by atoms with E-state index in [1.165, 1.54) is 44.9 Å².